The maximum Gasteiger partial charge on any atom is 0.0165 e. The summed E-state index contributed by atoms with van der Waals surface area (Å²) < 4.78 is 0. The first kappa shape index (κ1) is 13.8. The summed E-state index contributed by atoms with van der Waals surface area (Å²) in [6.45, 7) is 6.89. The molecule has 0 unspecified atom stereocenters. The van der Waals surface area contributed by atoms with E-state index in [-0.39, 0.29) is 5.41 Å². The lowest BCUT2D eigenvalue weighted by atomic mass is 9.80. The molecule has 0 saturated heterocycles. The molecule has 0 amide bonds. The van der Waals surface area contributed by atoms with Crippen LogP contribution >= 0.6 is 0 Å². The van der Waals surface area contributed by atoms with E-state index >= 15 is 0 Å². The van der Waals surface area contributed by atoms with E-state index in [1.165, 1.54) is 49.4 Å². The molecule has 0 heterocycles. The summed E-state index contributed by atoms with van der Waals surface area (Å²) in [6.07, 6.45) is 0. The molecule has 1 aliphatic rings. The van der Waals surface area contributed by atoms with Crippen molar-refractivity contribution >= 4 is 21.5 Å². The van der Waals surface area contributed by atoms with Gasteiger partial charge < -0.3 is 0 Å². The lowest BCUT2D eigenvalue weighted by Gasteiger charge is -2.23. The first-order valence-electron chi connectivity index (χ1n) is 8.64. The van der Waals surface area contributed by atoms with Crippen molar-refractivity contribution in [1.82, 2.24) is 0 Å². The van der Waals surface area contributed by atoms with E-state index in [1.807, 2.05) is 0 Å². The maximum atomic E-state index is 2.36. The molecule has 0 heteroatoms. The van der Waals surface area contributed by atoms with Crippen LogP contribution in [-0.4, -0.2) is 0 Å². The van der Waals surface area contributed by atoms with Crippen molar-refractivity contribution in [2.24, 2.45) is 0 Å². The molecule has 24 heavy (non-hydrogen) atoms. The Morgan fingerprint density at radius 1 is 0.667 bits per heavy atom. The normalized spacial score (nSPS) is 14.8. The zero-order chi connectivity index (χ0) is 16.5. The molecule has 0 N–H and O–H groups in total. The molecular weight excluding hydrogens is 288 g/mol. The van der Waals surface area contributed by atoms with E-state index in [9.17, 15) is 0 Å². The summed E-state index contributed by atoms with van der Waals surface area (Å²) in [5.41, 5.74) is 7.07. The van der Waals surface area contributed by atoms with Crippen molar-refractivity contribution in [3.8, 4) is 11.1 Å². The van der Waals surface area contributed by atoms with Gasteiger partial charge in [-0.25, -0.2) is 0 Å². The first-order chi connectivity index (χ1) is 11.6. The average Bonchev–Trinajstić information content (AvgIpc) is 2.83. The van der Waals surface area contributed by atoms with Crippen molar-refractivity contribution in [3.05, 3.63) is 83.4 Å². The fourth-order valence-electron chi connectivity index (χ4n) is 4.54. The number of aryl methyl sites for hydroxylation is 1. The number of benzene rings is 4. The molecule has 0 fully saturated rings. The van der Waals surface area contributed by atoms with Crippen molar-refractivity contribution in [2.45, 2.75) is 26.2 Å². The lowest BCUT2D eigenvalue weighted by molar-refractivity contribution is 0.666. The van der Waals surface area contributed by atoms with E-state index in [2.05, 4.69) is 87.5 Å². The topological polar surface area (TPSA) is 0 Å². The van der Waals surface area contributed by atoms with Gasteiger partial charge in [0, 0.05) is 5.41 Å². The molecule has 0 aromatic heterocycles. The van der Waals surface area contributed by atoms with Crippen LogP contribution < -0.4 is 0 Å². The molecule has 4 aromatic carbocycles. The predicted octanol–water partition coefficient (Wildman–Crippen LogP) is 6.61. The lowest BCUT2D eigenvalue weighted by Crippen LogP contribution is -2.15. The molecule has 0 radical (unpaired) electrons. The third kappa shape index (κ3) is 1.63. The zero-order valence-corrected chi connectivity index (χ0v) is 14.4. The van der Waals surface area contributed by atoms with Crippen molar-refractivity contribution in [3.63, 3.8) is 0 Å². The van der Waals surface area contributed by atoms with Crippen LogP contribution in [0, 0.1) is 6.92 Å². The quantitative estimate of drug-likeness (QED) is 0.321. The second-order valence-corrected chi connectivity index (χ2v) is 7.54. The third-order valence-corrected chi connectivity index (χ3v) is 5.69. The Morgan fingerprint density at radius 2 is 1.42 bits per heavy atom. The van der Waals surface area contributed by atoms with Gasteiger partial charge in [0.25, 0.3) is 0 Å². The third-order valence-electron chi connectivity index (χ3n) is 5.69. The molecule has 116 valence electrons. The smallest absolute Gasteiger partial charge is 0.0165 e. The highest BCUT2D eigenvalue weighted by molar-refractivity contribution is 6.11. The molecule has 0 aliphatic heterocycles. The molecule has 4 aromatic rings. The molecule has 1 aliphatic carbocycles. The highest BCUT2D eigenvalue weighted by atomic mass is 14.4. The number of fused-ring (bicyclic) bond motifs is 7. The minimum Gasteiger partial charge on any atom is -0.0619 e. The van der Waals surface area contributed by atoms with Crippen molar-refractivity contribution in [2.75, 3.05) is 0 Å². The number of hydrogen-bond donors (Lipinski definition) is 0. The van der Waals surface area contributed by atoms with Gasteiger partial charge >= 0.3 is 0 Å². The van der Waals surface area contributed by atoms with Crippen LogP contribution in [0.5, 0.6) is 0 Å². The van der Waals surface area contributed by atoms with Gasteiger partial charge in [0.05, 0.1) is 0 Å². The largest absolute Gasteiger partial charge is 0.0619 e. The number of rotatable bonds is 0. The summed E-state index contributed by atoms with van der Waals surface area (Å²) in [4.78, 5) is 0. The van der Waals surface area contributed by atoms with Gasteiger partial charge in [-0.1, -0.05) is 86.1 Å². The van der Waals surface area contributed by atoms with Crippen LogP contribution in [0.25, 0.3) is 32.7 Å². The van der Waals surface area contributed by atoms with Gasteiger partial charge in [0.2, 0.25) is 0 Å². The minimum absolute atomic E-state index is 0.0446. The van der Waals surface area contributed by atoms with Crippen LogP contribution in [-0.2, 0) is 5.41 Å². The Labute approximate surface area is 142 Å². The molecule has 5 rings (SSSR count). The molecule has 0 spiro atoms. The van der Waals surface area contributed by atoms with E-state index in [4.69, 9.17) is 0 Å². The van der Waals surface area contributed by atoms with Crippen molar-refractivity contribution < 1.29 is 0 Å². The highest BCUT2D eigenvalue weighted by Gasteiger charge is 2.36. The molecule has 0 atom stereocenters. The monoisotopic (exact) mass is 308 g/mol. The van der Waals surface area contributed by atoms with E-state index in [1.54, 1.807) is 0 Å². The van der Waals surface area contributed by atoms with Crippen LogP contribution in [0.3, 0.4) is 0 Å². The summed E-state index contributed by atoms with van der Waals surface area (Å²) in [7, 11) is 0. The second kappa shape index (κ2) is 4.48. The Morgan fingerprint density at radius 3 is 2.29 bits per heavy atom. The SMILES string of the molecule is Cc1ccc2ccc3c4c(ccc3c2c1)-c1ccccc1C4(C)C. The minimum atomic E-state index is 0.0446. The van der Waals surface area contributed by atoms with Crippen LogP contribution in [0.4, 0.5) is 0 Å². The summed E-state index contributed by atoms with van der Waals surface area (Å²) in [6, 6.07) is 24.8. The van der Waals surface area contributed by atoms with E-state index in [0.29, 0.717) is 0 Å². The Hall–Kier alpha value is -2.60. The van der Waals surface area contributed by atoms with Gasteiger partial charge in [-0.05, 0) is 50.7 Å². The highest BCUT2D eigenvalue weighted by Crippen LogP contribution is 2.51. The fraction of sp³-hybridized carbons (Fsp3) is 0.167. The van der Waals surface area contributed by atoms with Crippen molar-refractivity contribution in [1.29, 1.82) is 0 Å². The number of hydrogen-bond acceptors (Lipinski definition) is 0. The molecule has 0 nitrogen and oxygen atoms in total. The Kier molecular flexibility index (Phi) is 2.58. The first-order valence-corrected chi connectivity index (χ1v) is 8.64. The fourth-order valence-corrected chi connectivity index (χ4v) is 4.54. The van der Waals surface area contributed by atoms with Gasteiger partial charge in [-0.2, -0.15) is 0 Å². The Balaban J connectivity index is 1.96. The van der Waals surface area contributed by atoms with Crippen LogP contribution in [0.2, 0.25) is 0 Å². The van der Waals surface area contributed by atoms with Gasteiger partial charge in [0.15, 0.2) is 0 Å². The zero-order valence-electron chi connectivity index (χ0n) is 14.4. The molecule has 0 bridgehead atoms. The predicted molar refractivity (Wildman–Crippen MR) is 104 cm³/mol. The maximum absolute atomic E-state index is 2.36. The van der Waals surface area contributed by atoms with Crippen LogP contribution in [0.1, 0.15) is 30.5 Å². The summed E-state index contributed by atoms with van der Waals surface area (Å²) >= 11 is 0. The van der Waals surface area contributed by atoms with Gasteiger partial charge in [-0.3, -0.25) is 0 Å². The van der Waals surface area contributed by atoms with Gasteiger partial charge in [-0.15, -0.1) is 0 Å². The summed E-state index contributed by atoms with van der Waals surface area (Å²) in [5.74, 6) is 0. The molecular formula is C24H20. The summed E-state index contributed by atoms with van der Waals surface area (Å²) in [5, 5.41) is 5.45. The van der Waals surface area contributed by atoms with Gasteiger partial charge in [0.1, 0.15) is 0 Å². The second-order valence-electron chi connectivity index (χ2n) is 7.54. The molecule has 0 saturated carbocycles. The average molecular weight is 308 g/mol. The van der Waals surface area contributed by atoms with Crippen LogP contribution in [0.15, 0.2) is 66.7 Å². The Bertz CT molecular complexity index is 1130. The van der Waals surface area contributed by atoms with E-state index in [0.717, 1.165) is 0 Å². The standard InChI is InChI=1S/C24H20/c1-15-8-9-16-10-11-19-17(21(16)14-15)12-13-20-18-6-4-5-7-22(18)24(2,3)23(19)20/h4-14H,1-3H3. The van der Waals surface area contributed by atoms with E-state index < -0.39 is 0 Å².